The van der Waals surface area contributed by atoms with Gasteiger partial charge < -0.3 is 14.2 Å². The number of esters is 3. The van der Waals surface area contributed by atoms with Gasteiger partial charge in [-0.2, -0.15) is 0 Å². The molecule has 0 bridgehead atoms. The number of thioether (sulfide) groups is 1. The molecule has 12 nitrogen and oxygen atoms in total. The van der Waals surface area contributed by atoms with Crippen LogP contribution in [-0.2, 0) is 33.4 Å². The number of nitro benzene ring substituents is 1. The zero-order chi connectivity index (χ0) is 33.6. The van der Waals surface area contributed by atoms with E-state index in [9.17, 15) is 29.3 Å². The Labute approximate surface area is 274 Å². The minimum Gasteiger partial charge on any atom is -0.469 e. The van der Waals surface area contributed by atoms with Crippen LogP contribution in [0.25, 0.3) is 0 Å². The molecule has 0 saturated carbocycles. The quantitative estimate of drug-likeness (QED) is 0.0664. The summed E-state index contributed by atoms with van der Waals surface area (Å²) in [5.41, 5.74) is 0.708. The highest BCUT2D eigenvalue weighted by atomic mass is 32.2. The van der Waals surface area contributed by atoms with Crippen LogP contribution >= 0.6 is 11.8 Å². The Morgan fingerprint density at radius 1 is 1.04 bits per heavy atom. The number of ether oxygens (including phenoxy) is 3. The summed E-state index contributed by atoms with van der Waals surface area (Å²) in [6, 6.07) is 24.0. The third-order valence-electron chi connectivity index (χ3n) is 7.78. The van der Waals surface area contributed by atoms with Gasteiger partial charge >= 0.3 is 17.9 Å². The average molecular weight is 658 g/mol. The van der Waals surface area contributed by atoms with Crippen molar-refractivity contribution in [2.24, 2.45) is 4.99 Å². The molecule has 0 aromatic heterocycles. The fraction of sp³-hybridized carbons (Fsp3) is 0.265. The number of nitro groups is 1. The van der Waals surface area contributed by atoms with Gasteiger partial charge in [0.15, 0.2) is 11.6 Å². The summed E-state index contributed by atoms with van der Waals surface area (Å²) >= 11 is 1.31. The maximum absolute atomic E-state index is 14.2. The smallest absolute Gasteiger partial charge is 0.356 e. The molecule has 5 rings (SSSR count). The van der Waals surface area contributed by atoms with Crippen molar-refractivity contribution in [1.29, 1.82) is 0 Å². The highest BCUT2D eigenvalue weighted by Gasteiger charge is 2.64. The number of hydrogen-bond acceptors (Lipinski definition) is 11. The number of hydrogen-bond donors (Lipinski definition) is 0. The summed E-state index contributed by atoms with van der Waals surface area (Å²) in [4.78, 5) is 68.8. The second-order valence-corrected chi connectivity index (χ2v) is 11.9. The van der Waals surface area contributed by atoms with Crippen LogP contribution in [0.15, 0.2) is 101 Å². The van der Waals surface area contributed by atoms with Crippen molar-refractivity contribution in [2.45, 2.75) is 36.8 Å². The van der Waals surface area contributed by atoms with E-state index in [4.69, 9.17) is 14.2 Å². The number of rotatable bonds is 12. The van der Waals surface area contributed by atoms with Crippen molar-refractivity contribution in [1.82, 2.24) is 4.90 Å². The van der Waals surface area contributed by atoms with Gasteiger partial charge in [0.25, 0.3) is 11.6 Å². The highest BCUT2D eigenvalue weighted by Crippen LogP contribution is 2.51. The molecule has 1 saturated heterocycles. The molecule has 47 heavy (non-hydrogen) atoms. The summed E-state index contributed by atoms with van der Waals surface area (Å²) in [7, 11) is 1.24. The van der Waals surface area contributed by atoms with Crippen molar-refractivity contribution in [3.05, 3.63) is 123 Å². The van der Waals surface area contributed by atoms with Crippen molar-refractivity contribution < 1.29 is 38.3 Å². The lowest BCUT2D eigenvalue weighted by Crippen LogP contribution is -2.73. The SMILES string of the molecule is COC(=O)CC[C@]1(N=Cc2ccc([N+](=O)[O-])cc2)C(=O)N2C(C(=O)OC(c3ccccc3)c3ccccc3)=C(COC(C)=O)CS[C@@H]21. The Morgan fingerprint density at radius 2 is 1.66 bits per heavy atom. The topological polar surface area (TPSA) is 155 Å². The number of β-lactam (4-membered cyclic amide) rings is 1. The van der Waals surface area contributed by atoms with Gasteiger partial charge in [0, 0.05) is 43.0 Å². The first-order valence-corrected chi connectivity index (χ1v) is 15.7. The summed E-state index contributed by atoms with van der Waals surface area (Å²) in [5, 5.41) is 10.4. The zero-order valence-corrected chi connectivity index (χ0v) is 26.4. The van der Waals surface area contributed by atoms with Crippen LogP contribution < -0.4 is 0 Å². The first kappa shape index (κ1) is 33.1. The molecule has 2 atom stereocenters. The number of carbonyl (C=O) groups is 4. The van der Waals surface area contributed by atoms with Crippen molar-refractivity contribution in [2.75, 3.05) is 19.5 Å². The fourth-order valence-corrected chi connectivity index (χ4v) is 6.87. The van der Waals surface area contributed by atoms with Gasteiger partial charge in [-0.3, -0.25) is 34.4 Å². The second kappa shape index (κ2) is 14.4. The molecule has 0 aliphatic carbocycles. The summed E-state index contributed by atoms with van der Waals surface area (Å²) in [6.45, 7) is 1.02. The number of non-ortho nitro benzene ring substituents is 1. The maximum atomic E-state index is 14.2. The minimum atomic E-state index is -1.46. The maximum Gasteiger partial charge on any atom is 0.356 e. The lowest BCUT2D eigenvalue weighted by molar-refractivity contribution is -0.384. The molecule has 2 heterocycles. The number of nitrogens with zero attached hydrogens (tertiary/aromatic N) is 3. The molecule has 0 unspecified atom stereocenters. The normalized spacial score (nSPS) is 18.8. The second-order valence-electron chi connectivity index (χ2n) is 10.8. The fourth-order valence-electron chi connectivity index (χ4n) is 5.39. The van der Waals surface area contributed by atoms with Crippen molar-refractivity contribution in [3.63, 3.8) is 0 Å². The third kappa shape index (κ3) is 7.09. The van der Waals surface area contributed by atoms with E-state index in [-0.39, 0.29) is 36.6 Å². The van der Waals surface area contributed by atoms with E-state index in [1.165, 1.54) is 61.2 Å². The molecule has 0 spiro atoms. The van der Waals surface area contributed by atoms with Gasteiger partial charge in [0.2, 0.25) is 0 Å². The molecule has 242 valence electrons. The molecule has 3 aromatic carbocycles. The van der Waals surface area contributed by atoms with Crippen molar-refractivity contribution >= 4 is 47.5 Å². The number of aliphatic imine (C=N–C) groups is 1. The average Bonchev–Trinajstić information content (AvgIpc) is 3.09. The first-order chi connectivity index (χ1) is 22.6. The van der Waals surface area contributed by atoms with Crippen LogP contribution in [0.5, 0.6) is 0 Å². The van der Waals surface area contributed by atoms with Gasteiger partial charge in [0.05, 0.1) is 12.0 Å². The van der Waals surface area contributed by atoms with E-state index in [2.05, 4.69) is 4.99 Å². The zero-order valence-electron chi connectivity index (χ0n) is 25.6. The lowest BCUT2D eigenvalue weighted by Gasteiger charge is -2.55. The molecule has 2 aliphatic rings. The van der Waals surface area contributed by atoms with E-state index < -0.39 is 45.8 Å². The molecule has 1 fully saturated rings. The van der Waals surface area contributed by atoms with Crippen LogP contribution in [0.3, 0.4) is 0 Å². The number of fused-ring (bicyclic) bond motifs is 1. The summed E-state index contributed by atoms with van der Waals surface area (Å²) in [6.07, 6.45) is 0.474. The molecule has 1 amide bonds. The predicted octanol–water partition coefficient (Wildman–Crippen LogP) is 4.77. The van der Waals surface area contributed by atoms with Gasteiger partial charge in [-0.05, 0) is 35.2 Å². The Bertz CT molecular complexity index is 1690. The minimum absolute atomic E-state index is 0.0194. The van der Waals surface area contributed by atoms with Crippen molar-refractivity contribution in [3.8, 4) is 0 Å². The third-order valence-corrected chi connectivity index (χ3v) is 9.21. The van der Waals surface area contributed by atoms with Gasteiger partial charge in [0.1, 0.15) is 17.7 Å². The van der Waals surface area contributed by atoms with Gasteiger partial charge in [-0.15, -0.1) is 11.8 Å². The molecule has 13 heteroatoms. The molecule has 3 aromatic rings. The molecular weight excluding hydrogens is 626 g/mol. The van der Waals surface area contributed by atoms with Crippen LogP contribution in [0.1, 0.15) is 42.6 Å². The predicted molar refractivity (Wildman–Crippen MR) is 172 cm³/mol. The summed E-state index contributed by atoms with van der Waals surface area (Å²) in [5.74, 6) is -2.23. The standard InChI is InChI=1S/C34H31N3O9S/c1-22(38)45-20-26-21-47-33-34(18-17-28(39)44-2,35-19-23-13-15-27(16-14-23)37(42)43)32(41)36(33)29(26)31(40)46-30(24-9-5-3-6-10-24)25-11-7-4-8-12-25/h3-16,19,30,33H,17-18,20-21H2,1-2H3/t33-,34+/m1/s1. The summed E-state index contributed by atoms with van der Waals surface area (Å²) < 4.78 is 16.2. The number of amides is 1. The van der Waals surface area contributed by atoms with Crippen LogP contribution in [0.4, 0.5) is 5.69 Å². The Balaban J connectivity index is 1.51. The Morgan fingerprint density at radius 3 is 2.21 bits per heavy atom. The van der Waals surface area contributed by atoms with Gasteiger partial charge in [-0.1, -0.05) is 60.7 Å². The van der Waals surface area contributed by atoms with E-state index in [1.54, 1.807) is 0 Å². The number of benzene rings is 3. The van der Waals surface area contributed by atoms with Gasteiger partial charge in [-0.25, -0.2) is 4.79 Å². The first-order valence-electron chi connectivity index (χ1n) is 14.6. The molecule has 0 radical (unpaired) electrons. The monoisotopic (exact) mass is 657 g/mol. The highest BCUT2D eigenvalue weighted by molar-refractivity contribution is 8.00. The number of carbonyl (C=O) groups excluding carboxylic acids is 4. The van der Waals surface area contributed by atoms with Crippen LogP contribution in [0.2, 0.25) is 0 Å². The molecule has 2 aliphatic heterocycles. The van der Waals surface area contributed by atoms with E-state index in [0.29, 0.717) is 22.3 Å². The molecule has 0 N–H and O–H groups in total. The van der Waals surface area contributed by atoms with Crippen LogP contribution in [-0.4, -0.2) is 70.2 Å². The van der Waals surface area contributed by atoms with E-state index >= 15 is 0 Å². The Hall–Kier alpha value is -5.30. The lowest BCUT2D eigenvalue weighted by atomic mass is 9.82. The molecular formula is C34H31N3O9S. The largest absolute Gasteiger partial charge is 0.469 e. The Kier molecular flexibility index (Phi) is 10.1. The van der Waals surface area contributed by atoms with E-state index in [1.807, 2.05) is 60.7 Å². The number of methoxy groups -OCH3 is 1. The van der Waals surface area contributed by atoms with Crippen LogP contribution in [0, 0.1) is 10.1 Å². The van der Waals surface area contributed by atoms with E-state index in [0.717, 1.165) is 0 Å².